The predicted octanol–water partition coefficient (Wildman–Crippen LogP) is 3.03. The molecule has 1 rings (SSSR count). The average molecular weight is 189 g/mol. The molecule has 0 atom stereocenters. The van der Waals surface area contributed by atoms with Crippen molar-refractivity contribution in [3.05, 3.63) is 12.3 Å². The van der Waals surface area contributed by atoms with Crippen molar-refractivity contribution in [2.24, 2.45) is 0 Å². The molecule has 1 saturated carbocycles. The molecule has 0 aromatic carbocycles. The van der Waals surface area contributed by atoms with E-state index in [-0.39, 0.29) is 24.9 Å². The second-order valence-electron chi connectivity index (χ2n) is 4.15. The quantitative estimate of drug-likeness (QED) is 0.659. The van der Waals surface area contributed by atoms with Crippen LogP contribution in [0.4, 0.5) is 8.78 Å². The summed E-state index contributed by atoms with van der Waals surface area (Å²) in [6.45, 7) is 9.69. The number of nitrogens with zero attached hydrogens (tertiary/aromatic N) is 1. The van der Waals surface area contributed by atoms with Gasteiger partial charge in [-0.2, -0.15) is 0 Å². The lowest BCUT2D eigenvalue weighted by Gasteiger charge is -2.46. The summed E-state index contributed by atoms with van der Waals surface area (Å²) in [6.07, 6.45) is -0.0317. The van der Waals surface area contributed by atoms with Gasteiger partial charge in [-0.15, -0.1) is 0 Å². The fourth-order valence-electron chi connectivity index (χ4n) is 2.00. The average Bonchev–Trinajstić information content (AvgIpc) is 1.80. The topological polar surface area (TPSA) is 3.24 Å². The van der Waals surface area contributed by atoms with Crippen molar-refractivity contribution in [2.75, 3.05) is 0 Å². The van der Waals surface area contributed by atoms with Crippen LogP contribution < -0.4 is 0 Å². The van der Waals surface area contributed by atoms with E-state index < -0.39 is 5.92 Å². The molecule has 76 valence electrons. The molecule has 0 radical (unpaired) electrons. The van der Waals surface area contributed by atoms with E-state index in [1.54, 1.807) is 0 Å². The molecule has 13 heavy (non-hydrogen) atoms. The molecule has 0 aromatic heterocycles. The highest BCUT2D eigenvalue weighted by Crippen LogP contribution is 2.42. The molecule has 1 aliphatic rings. The molecule has 1 aliphatic carbocycles. The van der Waals surface area contributed by atoms with Crippen molar-refractivity contribution < 1.29 is 8.78 Å². The first-order chi connectivity index (χ1) is 5.83. The summed E-state index contributed by atoms with van der Waals surface area (Å²) in [7, 11) is 0. The molecule has 0 aliphatic heterocycles. The molecular weight excluding hydrogens is 172 g/mol. The van der Waals surface area contributed by atoms with Gasteiger partial charge in [0, 0.05) is 30.6 Å². The third-order valence-electron chi connectivity index (χ3n) is 2.46. The SMILES string of the molecule is C=C(C)N(C(C)C)C1CC(F)(F)C1. The molecule has 0 saturated heterocycles. The largest absolute Gasteiger partial charge is 0.370 e. The van der Waals surface area contributed by atoms with Crippen LogP contribution >= 0.6 is 0 Å². The van der Waals surface area contributed by atoms with Gasteiger partial charge in [-0.1, -0.05) is 6.58 Å². The van der Waals surface area contributed by atoms with Crippen molar-refractivity contribution in [3.63, 3.8) is 0 Å². The summed E-state index contributed by atoms with van der Waals surface area (Å²) in [5.74, 6) is -2.44. The van der Waals surface area contributed by atoms with Gasteiger partial charge in [0.1, 0.15) is 0 Å². The first-order valence-corrected chi connectivity index (χ1v) is 4.65. The van der Waals surface area contributed by atoms with Gasteiger partial charge >= 0.3 is 0 Å². The maximum Gasteiger partial charge on any atom is 0.252 e. The van der Waals surface area contributed by atoms with Gasteiger partial charge in [-0.05, 0) is 20.8 Å². The third-order valence-corrected chi connectivity index (χ3v) is 2.46. The van der Waals surface area contributed by atoms with Gasteiger partial charge in [0.2, 0.25) is 0 Å². The monoisotopic (exact) mass is 189 g/mol. The molecule has 0 amide bonds. The van der Waals surface area contributed by atoms with Crippen LogP contribution in [0.15, 0.2) is 12.3 Å². The Bertz CT molecular complexity index is 203. The Kier molecular flexibility index (Phi) is 2.64. The van der Waals surface area contributed by atoms with E-state index in [2.05, 4.69) is 6.58 Å². The van der Waals surface area contributed by atoms with E-state index in [0.717, 1.165) is 5.70 Å². The molecule has 0 heterocycles. The Morgan fingerprint density at radius 3 is 2.15 bits per heavy atom. The van der Waals surface area contributed by atoms with Crippen LogP contribution in [0.2, 0.25) is 0 Å². The third kappa shape index (κ3) is 2.20. The molecule has 0 unspecified atom stereocenters. The van der Waals surface area contributed by atoms with E-state index in [1.807, 2.05) is 25.7 Å². The van der Waals surface area contributed by atoms with Crippen molar-refractivity contribution >= 4 is 0 Å². The van der Waals surface area contributed by atoms with Crippen LogP contribution in [-0.2, 0) is 0 Å². The molecule has 0 N–H and O–H groups in total. The number of alkyl halides is 2. The number of allylic oxidation sites excluding steroid dienone is 1. The van der Waals surface area contributed by atoms with E-state index >= 15 is 0 Å². The van der Waals surface area contributed by atoms with Crippen molar-refractivity contribution in [3.8, 4) is 0 Å². The van der Waals surface area contributed by atoms with Crippen molar-refractivity contribution in [1.82, 2.24) is 4.90 Å². The molecule has 3 heteroatoms. The predicted molar refractivity (Wildman–Crippen MR) is 49.8 cm³/mol. The molecule has 0 bridgehead atoms. The van der Waals surface area contributed by atoms with Crippen LogP contribution in [0.3, 0.4) is 0 Å². The highest BCUT2D eigenvalue weighted by Gasteiger charge is 2.48. The summed E-state index contributed by atoms with van der Waals surface area (Å²) in [6, 6.07) is 0.256. The molecule has 1 nitrogen and oxygen atoms in total. The Morgan fingerprint density at radius 1 is 1.46 bits per heavy atom. The lowest BCUT2D eigenvalue weighted by Crippen LogP contribution is -2.52. The smallest absolute Gasteiger partial charge is 0.252 e. The second-order valence-corrected chi connectivity index (χ2v) is 4.15. The Balaban J connectivity index is 2.55. The normalized spacial score (nSPS) is 21.4. The van der Waals surface area contributed by atoms with Crippen LogP contribution in [-0.4, -0.2) is 22.9 Å². The lowest BCUT2D eigenvalue weighted by molar-refractivity contribution is -0.122. The van der Waals surface area contributed by atoms with Gasteiger partial charge in [-0.25, -0.2) is 8.78 Å². The zero-order chi connectivity index (χ0) is 10.2. The van der Waals surface area contributed by atoms with Crippen LogP contribution in [0.25, 0.3) is 0 Å². The van der Waals surface area contributed by atoms with Crippen molar-refractivity contribution in [1.29, 1.82) is 0 Å². The fourth-order valence-corrected chi connectivity index (χ4v) is 2.00. The molecular formula is C10H17F2N. The summed E-state index contributed by atoms with van der Waals surface area (Å²) < 4.78 is 25.2. The summed E-state index contributed by atoms with van der Waals surface area (Å²) >= 11 is 0. The van der Waals surface area contributed by atoms with Gasteiger partial charge in [0.05, 0.1) is 0 Å². The highest BCUT2D eigenvalue weighted by atomic mass is 19.3. The summed E-state index contributed by atoms with van der Waals surface area (Å²) in [5, 5.41) is 0. The Hall–Kier alpha value is -0.600. The summed E-state index contributed by atoms with van der Waals surface area (Å²) in [4.78, 5) is 1.98. The standard InChI is InChI=1S/C10H17F2N/c1-7(2)13(8(3)4)9-5-10(11,12)6-9/h8-9H,1,5-6H2,2-4H3. The Morgan fingerprint density at radius 2 is 1.92 bits per heavy atom. The van der Waals surface area contributed by atoms with E-state index in [4.69, 9.17) is 0 Å². The van der Waals surface area contributed by atoms with Gasteiger partial charge in [0.25, 0.3) is 5.92 Å². The van der Waals surface area contributed by atoms with Gasteiger partial charge < -0.3 is 4.90 Å². The van der Waals surface area contributed by atoms with E-state index in [9.17, 15) is 8.78 Å². The molecule has 0 aromatic rings. The zero-order valence-electron chi connectivity index (χ0n) is 8.48. The van der Waals surface area contributed by atoms with Crippen LogP contribution in [0, 0.1) is 0 Å². The zero-order valence-corrected chi connectivity index (χ0v) is 8.48. The number of halogens is 2. The minimum absolute atomic E-state index is 0.00694. The molecule has 0 spiro atoms. The minimum Gasteiger partial charge on any atom is -0.370 e. The minimum atomic E-state index is -2.44. The first kappa shape index (κ1) is 10.5. The lowest BCUT2D eigenvalue weighted by atomic mass is 9.86. The van der Waals surface area contributed by atoms with E-state index in [0.29, 0.717) is 0 Å². The van der Waals surface area contributed by atoms with E-state index in [1.165, 1.54) is 0 Å². The maximum absolute atomic E-state index is 12.6. The van der Waals surface area contributed by atoms with Crippen molar-refractivity contribution in [2.45, 2.75) is 51.6 Å². The van der Waals surface area contributed by atoms with Crippen LogP contribution in [0.5, 0.6) is 0 Å². The molecule has 1 fully saturated rings. The first-order valence-electron chi connectivity index (χ1n) is 4.65. The second kappa shape index (κ2) is 3.28. The summed E-state index contributed by atoms with van der Waals surface area (Å²) in [5.41, 5.74) is 0.885. The number of rotatable bonds is 3. The highest BCUT2D eigenvalue weighted by molar-refractivity contribution is 5.02. The van der Waals surface area contributed by atoms with Crippen LogP contribution in [0.1, 0.15) is 33.6 Å². The maximum atomic E-state index is 12.6. The van der Waals surface area contributed by atoms with Gasteiger partial charge in [-0.3, -0.25) is 0 Å². The number of hydrogen-bond acceptors (Lipinski definition) is 1. The fraction of sp³-hybridized carbons (Fsp3) is 0.800. The number of hydrogen-bond donors (Lipinski definition) is 0. The van der Waals surface area contributed by atoms with Gasteiger partial charge in [0.15, 0.2) is 0 Å². The Labute approximate surface area is 78.4 Å².